The molecule has 0 saturated heterocycles. The number of ether oxygens (including phenoxy) is 1. The summed E-state index contributed by atoms with van der Waals surface area (Å²) in [6, 6.07) is 5.40. The summed E-state index contributed by atoms with van der Waals surface area (Å²) in [5.74, 6) is -0.460. The van der Waals surface area contributed by atoms with E-state index in [-0.39, 0.29) is 0 Å². The third-order valence-corrected chi connectivity index (χ3v) is 2.37. The lowest BCUT2D eigenvalue weighted by Crippen LogP contribution is -2.08. The van der Waals surface area contributed by atoms with Crippen molar-refractivity contribution in [3.05, 3.63) is 33.3 Å². The topological polar surface area (TPSA) is 50.1 Å². The van der Waals surface area contributed by atoms with Gasteiger partial charge in [0.05, 0.1) is 17.7 Å². The molecule has 1 rings (SSSR count). The molecule has 4 heteroatoms. The smallest absolute Gasteiger partial charge is 0.339 e. The molecule has 0 atom stereocenters. The van der Waals surface area contributed by atoms with Crippen LogP contribution in [-0.2, 0) is 4.74 Å². The summed E-state index contributed by atoms with van der Waals surface area (Å²) >= 11 is 3.28. The minimum Gasteiger partial charge on any atom is -0.462 e. The number of halogens is 1. The molecule has 78 valence electrons. The van der Waals surface area contributed by atoms with E-state index in [0.717, 1.165) is 10.0 Å². The predicted molar refractivity (Wildman–Crippen MR) is 59.6 cm³/mol. The van der Waals surface area contributed by atoms with E-state index >= 15 is 0 Å². The van der Waals surface area contributed by atoms with E-state index in [2.05, 4.69) is 15.9 Å². The number of carbonyl (C=O) groups excluding carboxylic acids is 1. The van der Waals surface area contributed by atoms with E-state index in [1.165, 1.54) is 0 Å². The summed E-state index contributed by atoms with van der Waals surface area (Å²) in [6.07, 6.45) is 0. The van der Waals surface area contributed by atoms with Gasteiger partial charge in [-0.25, -0.2) is 4.79 Å². The third-order valence-electron chi connectivity index (χ3n) is 1.91. The van der Waals surface area contributed by atoms with Gasteiger partial charge in [-0.15, -0.1) is 0 Å². The van der Waals surface area contributed by atoms with Gasteiger partial charge in [-0.1, -0.05) is 15.9 Å². The molecule has 1 aromatic carbocycles. The monoisotopic (exact) mass is 267 g/mol. The van der Waals surface area contributed by atoms with Crippen LogP contribution in [0.15, 0.2) is 16.6 Å². The maximum absolute atomic E-state index is 11.5. The molecule has 0 unspecified atom stereocenters. The van der Waals surface area contributed by atoms with Gasteiger partial charge in [-0.05, 0) is 31.5 Å². The maximum atomic E-state index is 11.5. The highest BCUT2D eigenvalue weighted by molar-refractivity contribution is 9.10. The van der Waals surface area contributed by atoms with Crippen molar-refractivity contribution >= 4 is 21.9 Å². The summed E-state index contributed by atoms with van der Waals surface area (Å²) < 4.78 is 5.64. The number of hydrogen-bond acceptors (Lipinski definition) is 3. The Morgan fingerprint density at radius 3 is 2.80 bits per heavy atom. The van der Waals surface area contributed by atoms with Gasteiger partial charge < -0.3 is 4.74 Å². The number of benzene rings is 1. The molecule has 1 aromatic rings. The summed E-state index contributed by atoms with van der Waals surface area (Å²) in [6.45, 7) is 3.82. The number of aryl methyl sites for hydroxylation is 1. The molecule has 0 amide bonds. The van der Waals surface area contributed by atoms with Crippen LogP contribution in [0.4, 0.5) is 0 Å². The average molecular weight is 268 g/mol. The molecule has 15 heavy (non-hydrogen) atoms. The van der Waals surface area contributed by atoms with Crippen molar-refractivity contribution in [3.8, 4) is 6.07 Å². The summed E-state index contributed by atoms with van der Waals surface area (Å²) in [5, 5.41) is 8.93. The minimum atomic E-state index is -0.460. The number of esters is 1. The number of carbonyl (C=O) groups is 1. The van der Waals surface area contributed by atoms with Crippen molar-refractivity contribution in [1.82, 2.24) is 0 Å². The van der Waals surface area contributed by atoms with Crippen molar-refractivity contribution in [2.75, 3.05) is 6.61 Å². The Morgan fingerprint density at radius 1 is 1.60 bits per heavy atom. The molecule has 0 aromatic heterocycles. The predicted octanol–water partition coefficient (Wildman–Crippen LogP) is 2.81. The zero-order chi connectivity index (χ0) is 11.4. The van der Waals surface area contributed by atoms with Crippen molar-refractivity contribution in [3.63, 3.8) is 0 Å². The molecular weight excluding hydrogens is 258 g/mol. The average Bonchev–Trinajstić information content (AvgIpc) is 2.17. The van der Waals surface area contributed by atoms with Gasteiger partial charge in [0.25, 0.3) is 0 Å². The van der Waals surface area contributed by atoms with E-state index in [0.29, 0.717) is 17.7 Å². The normalized spacial score (nSPS) is 9.47. The Labute approximate surface area is 96.8 Å². The molecule has 0 N–H and O–H groups in total. The van der Waals surface area contributed by atoms with E-state index < -0.39 is 5.97 Å². The molecule has 0 heterocycles. The van der Waals surface area contributed by atoms with Gasteiger partial charge in [0, 0.05) is 4.47 Å². The summed E-state index contributed by atoms with van der Waals surface area (Å²) in [4.78, 5) is 11.5. The van der Waals surface area contributed by atoms with Crippen LogP contribution in [0.2, 0.25) is 0 Å². The SMILES string of the molecule is CCOC(=O)c1cc(Br)cc(C)c1C#N. The quantitative estimate of drug-likeness (QED) is 0.775. The minimum absolute atomic E-state index is 0.301. The standard InChI is InChI=1S/C11H10BrNO2/c1-3-15-11(14)9-5-8(12)4-7(2)10(9)6-13/h4-5H,3H2,1-2H3. The Balaban J connectivity index is 3.28. The van der Waals surface area contributed by atoms with E-state index in [1.807, 2.05) is 6.07 Å². The van der Waals surface area contributed by atoms with Gasteiger partial charge in [0.1, 0.15) is 6.07 Å². The second-order valence-electron chi connectivity index (χ2n) is 2.98. The molecule has 0 aliphatic rings. The van der Waals surface area contributed by atoms with Crippen LogP contribution in [0, 0.1) is 18.3 Å². The van der Waals surface area contributed by atoms with E-state index in [4.69, 9.17) is 10.00 Å². The molecule has 0 aliphatic heterocycles. The second kappa shape index (κ2) is 4.94. The maximum Gasteiger partial charge on any atom is 0.339 e. The lowest BCUT2D eigenvalue weighted by Gasteiger charge is -2.06. The lowest BCUT2D eigenvalue weighted by atomic mass is 10.0. The Hall–Kier alpha value is -1.34. The van der Waals surface area contributed by atoms with Crippen LogP contribution in [-0.4, -0.2) is 12.6 Å². The number of rotatable bonds is 2. The summed E-state index contributed by atoms with van der Waals surface area (Å²) in [5.41, 5.74) is 1.44. The molecule has 0 saturated carbocycles. The Morgan fingerprint density at radius 2 is 2.27 bits per heavy atom. The van der Waals surface area contributed by atoms with Crippen molar-refractivity contribution < 1.29 is 9.53 Å². The fourth-order valence-corrected chi connectivity index (χ4v) is 1.83. The molecule has 0 radical (unpaired) electrons. The van der Waals surface area contributed by atoms with Crippen LogP contribution in [0.1, 0.15) is 28.4 Å². The third kappa shape index (κ3) is 2.57. The first-order valence-electron chi connectivity index (χ1n) is 4.47. The van der Waals surface area contributed by atoms with Crippen LogP contribution < -0.4 is 0 Å². The van der Waals surface area contributed by atoms with E-state index in [9.17, 15) is 4.79 Å². The van der Waals surface area contributed by atoms with Crippen LogP contribution in [0.5, 0.6) is 0 Å². The highest BCUT2D eigenvalue weighted by atomic mass is 79.9. The molecule has 0 spiro atoms. The van der Waals surface area contributed by atoms with Crippen LogP contribution in [0.25, 0.3) is 0 Å². The molecule has 0 bridgehead atoms. The lowest BCUT2D eigenvalue weighted by molar-refractivity contribution is 0.0526. The molecule has 0 fully saturated rings. The Kier molecular flexibility index (Phi) is 3.87. The first kappa shape index (κ1) is 11.7. The number of nitrogens with zero attached hydrogens (tertiary/aromatic N) is 1. The summed E-state index contributed by atoms with van der Waals surface area (Å²) in [7, 11) is 0. The zero-order valence-electron chi connectivity index (χ0n) is 8.50. The second-order valence-corrected chi connectivity index (χ2v) is 3.89. The van der Waals surface area contributed by atoms with Crippen molar-refractivity contribution in [2.45, 2.75) is 13.8 Å². The first-order valence-corrected chi connectivity index (χ1v) is 5.26. The first-order chi connectivity index (χ1) is 7.10. The fraction of sp³-hybridized carbons (Fsp3) is 0.273. The van der Waals surface area contributed by atoms with Gasteiger partial charge in [0.2, 0.25) is 0 Å². The fourth-order valence-electron chi connectivity index (χ4n) is 1.26. The molecule has 0 aliphatic carbocycles. The molecular formula is C11H10BrNO2. The van der Waals surface area contributed by atoms with Crippen LogP contribution >= 0.6 is 15.9 Å². The van der Waals surface area contributed by atoms with Gasteiger partial charge in [-0.3, -0.25) is 0 Å². The number of nitriles is 1. The highest BCUT2D eigenvalue weighted by Crippen LogP contribution is 2.21. The van der Waals surface area contributed by atoms with E-state index in [1.54, 1.807) is 26.0 Å². The van der Waals surface area contributed by atoms with Gasteiger partial charge >= 0.3 is 5.97 Å². The number of hydrogen-bond donors (Lipinski definition) is 0. The van der Waals surface area contributed by atoms with Gasteiger partial charge in [-0.2, -0.15) is 5.26 Å². The Bertz CT molecular complexity index is 435. The van der Waals surface area contributed by atoms with Crippen molar-refractivity contribution in [2.24, 2.45) is 0 Å². The highest BCUT2D eigenvalue weighted by Gasteiger charge is 2.15. The zero-order valence-corrected chi connectivity index (χ0v) is 10.1. The largest absolute Gasteiger partial charge is 0.462 e. The van der Waals surface area contributed by atoms with Crippen LogP contribution in [0.3, 0.4) is 0 Å². The van der Waals surface area contributed by atoms with Crippen molar-refractivity contribution in [1.29, 1.82) is 5.26 Å². The van der Waals surface area contributed by atoms with Gasteiger partial charge in [0.15, 0.2) is 0 Å². The molecule has 3 nitrogen and oxygen atoms in total.